The third kappa shape index (κ3) is 2.41. The van der Waals surface area contributed by atoms with Gasteiger partial charge in [0.2, 0.25) is 9.47 Å². The molecule has 0 saturated heterocycles. The molecule has 0 N–H and O–H groups in total. The number of amides is 1. The van der Waals surface area contributed by atoms with Crippen molar-refractivity contribution in [3.8, 4) is 5.75 Å². The number of hydrogen-bond donors (Lipinski definition) is 0. The third-order valence-electron chi connectivity index (χ3n) is 2.77. The summed E-state index contributed by atoms with van der Waals surface area (Å²) in [6.45, 7) is 1.19. The van der Waals surface area contributed by atoms with Gasteiger partial charge in [0, 0.05) is 6.54 Å². The molecule has 1 aromatic carbocycles. The van der Waals surface area contributed by atoms with E-state index in [4.69, 9.17) is 16.3 Å². The first kappa shape index (κ1) is 12.4. The monoisotopic (exact) mass is 295 g/mol. The van der Waals surface area contributed by atoms with Crippen molar-refractivity contribution in [1.82, 2.24) is 10.2 Å². The minimum Gasteiger partial charge on any atom is -0.491 e. The van der Waals surface area contributed by atoms with Crippen molar-refractivity contribution < 1.29 is 9.53 Å². The van der Waals surface area contributed by atoms with Crippen LogP contribution in [0.4, 0.5) is 5.69 Å². The summed E-state index contributed by atoms with van der Waals surface area (Å²) >= 11 is 6.81. The number of hydrogen-bond acceptors (Lipinski definition) is 5. The number of halogens is 1. The Morgan fingerprint density at radius 2 is 2.21 bits per heavy atom. The Morgan fingerprint density at radius 1 is 1.37 bits per heavy atom. The minimum absolute atomic E-state index is 0.192. The first-order chi connectivity index (χ1) is 9.25. The second-order valence-corrected chi connectivity index (χ2v) is 5.55. The van der Waals surface area contributed by atoms with E-state index < -0.39 is 0 Å². The third-order valence-corrected chi connectivity index (χ3v) is 3.77. The summed E-state index contributed by atoms with van der Waals surface area (Å²) in [4.78, 5) is 14.1. The fourth-order valence-electron chi connectivity index (χ4n) is 1.95. The van der Waals surface area contributed by atoms with Gasteiger partial charge in [0.05, 0.1) is 12.3 Å². The Hall–Kier alpha value is -1.66. The number of ether oxygens (including phenoxy) is 1. The highest BCUT2D eigenvalue weighted by Gasteiger charge is 2.25. The molecule has 7 heteroatoms. The van der Waals surface area contributed by atoms with E-state index in [0.717, 1.165) is 23.4 Å². The van der Waals surface area contributed by atoms with Gasteiger partial charge in [-0.3, -0.25) is 4.79 Å². The first-order valence-electron chi connectivity index (χ1n) is 5.78. The van der Waals surface area contributed by atoms with Crippen LogP contribution >= 0.6 is 22.9 Å². The van der Waals surface area contributed by atoms with E-state index in [0.29, 0.717) is 23.9 Å². The molecule has 0 unspecified atom stereocenters. The number of aromatic nitrogens is 2. The lowest BCUT2D eigenvalue weighted by Crippen LogP contribution is -2.31. The Bertz CT molecular complexity index is 617. The van der Waals surface area contributed by atoms with Crippen molar-refractivity contribution in [2.24, 2.45) is 0 Å². The molecule has 0 aliphatic carbocycles. The van der Waals surface area contributed by atoms with Crippen molar-refractivity contribution in [3.05, 3.63) is 33.7 Å². The number of anilines is 1. The zero-order valence-electron chi connectivity index (χ0n) is 9.88. The smallest absolute Gasteiger partial charge is 0.289 e. The summed E-state index contributed by atoms with van der Waals surface area (Å²) in [6.07, 6.45) is 0.771. The lowest BCUT2D eigenvalue weighted by molar-refractivity contribution is 0.0986. The van der Waals surface area contributed by atoms with E-state index in [9.17, 15) is 4.79 Å². The molecule has 0 saturated carbocycles. The van der Waals surface area contributed by atoms with Gasteiger partial charge in [0.25, 0.3) is 5.91 Å². The Balaban J connectivity index is 1.98. The molecule has 1 amide bonds. The van der Waals surface area contributed by atoms with Gasteiger partial charge < -0.3 is 9.64 Å². The lowest BCUT2D eigenvalue weighted by Gasteiger charge is -2.20. The van der Waals surface area contributed by atoms with Crippen LogP contribution in [0.5, 0.6) is 5.75 Å². The van der Waals surface area contributed by atoms with Crippen LogP contribution < -0.4 is 9.64 Å². The highest BCUT2D eigenvalue weighted by Crippen LogP contribution is 2.32. The van der Waals surface area contributed by atoms with Crippen LogP contribution in [0.15, 0.2) is 24.3 Å². The molecule has 2 heterocycles. The molecular weight excluding hydrogens is 286 g/mol. The maximum Gasteiger partial charge on any atom is 0.289 e. The van der Waals surface area contributed by atoms with Crippen molar-refractivity contribution >= 4 is 34.5 Å². The molecular formula is C12H10ClN3O2S. The van der Waals surface area contributed by atoms with Gasteiger partial charge in [-0.1, -0.05) is 23.5 Å². The average Bonchev–Trinajstić information content (AvgIpc) is 2.74. The normalized spacial score (nSPS) is 14.5. The molecule has 2 aromatic rings. The Kier molecular flexibility index (Phi) is 3.35. The number of carbonyl (C=O) groups is 1. The van der Waals surface area contributed by atoms with E-state index in [1.54, 1.807) is 4.90 Å². The summed E-state index contributed by atoms with van der Waals surface area (Å²) in [5, 5.41) is 7.76. The van der Waals surface area contributed by atoms with Crippen LogP contribution in [0, 0.1) is 0 Å². The fourth-order valence-corrected chi connectivity index (χ4v) is 2.72. The van der Waals surface area contributed by atoms with Crippen molar-refractivity contribution in [1.29, 1.82) is 0 Å². The van der Waals surface area contributed by atoms with Gasteiger partial charge in [-0.15, -0.1) is 10.2 Å². The standard InChI is InChI=1S/C12H10ClN3O2S/c13-12-15-14-10(19-12)11(17)16-6-3-7-18-9-5-2-1-4-8(9)16/h1-2,4-5H,3,6-7H2. The number of carbonyl (C=O) groups excluding carboxylic acids is 1. The van der Waals surface area contributed by atoms with Gasteiger partial charge in [0.15, 0.2) is 0 Å². The second-order valence-electron chi connectivity index (χ2n) is 3.99. The van der Waals surface area contributed by atoms with Crippen LogP contribution in [-0.4, -0.2) is 29.3 Å². The number of benzene rings is 1. The number of rotatable bonds is 1. The van der Waals surface area contributed by atoms with Crippen LogP contribution in [0.25, 0.3) is 0 Å². The van der Waals surface area contributed by atoms with E-state index in [1.807, 2.05) is 24.3 Å². The van der Waals surface area contributed by atoms with Gasteiger partial charge in [-0.25, -0.2) is 0 Å². The zero-order valence-corrected chi connectivity index (χ0v) is 11.4. The maximum absolute atomic E-state index is 12.4. The molecule has 1 aliphatic rings. The van der Waals surface area contributed by atoms with Crippen LogP contribution in [0.1, 0.15) is 16.2 Å². The summed E-state index contributed by atoms with van der Waals surface area (Å²) in [6, 6.07) is 7.48. The first-order valence-corrected chi connectivity index (χ1v) is 6.98. The fraction of sp³-hybridized carbons (Fsp3) is 0.250. The number of nitrogens with zero attached hydrogens (tertiary/aromatic N) is 3. The number of para-hydroxylation sites is 2. The summed E-state index contributed by atoms with van der Waals surface area (Å²) < 4.78 is 5.88. The molecule has 0 atom stereocenters. The molecule has 3 rings (SSSR count). The molecule has 0 bridgehead atoms. The van der Waals surface area contributed by atoms with Gasteiger partial charge >= 0.3 is 0 Å². The van der Waals surface area contributed by atoms with Crippen LogP contribution in [-0.2, 0) is 0 Å². The van der Waals surface area contributed by atoms with Gasteiger partial charge in [-0.2, -0.15) is 0 Å². The Morgan fingerprint density at radius 3 is 3.00 bits per heavy atom. The molecule has 98 valence electrons. The van der Waals surface area contributed by atoms with E-state index in [-0.39, 0.29) is 10.4 Å². The predicted molar refractivity (Wildman–Crippen MR) is 73.1 cm³/mol. The van der Waals surface area contributed by atoms with Crippen LogP contribution in [0.3, 0.4) is 0 Å². The van der Waals surface area contributed by atoms with Crippen LogP contribution in [0.2, 0.25) is 4.47 Å². The van der Waals surface area contributed by atoms with Gasteiger partial charge in [-0.05, 0) is 30.2 Å². The average molecular weight is 296 g/mol. The highest BCUT2D eigenvalue weighted by atomic mass is 35.5. The predicted octanol–water partition coefficient (Wildman–Crippen LogP) is 2.62. The van der Waals surface area contributed by atoms with Crippen molar-refractivity contribution in [3.63, 3.8) is 0 Å². The molecule has 0 radical (unpaired) electrons. The zero-order chi connectivity index (χ0) is 13.2. The number of fused-ring (bicyclic) bond motifs is 1. The van der Waals surface area contributed by atoms with Gasteiger partial charge in [0.1, 0.15) is 5.75 Å². The molecule has 5 nitrogen and oxygen atoms in total. The lowest BCUT2D eigenvalue weighted by atomic mass is 10.2. The molecule has 19 heavy (non-hydrogen) atoms. The van der Waals surface area contributed by atoms with E-state index in [2.05, 4.69) is 10.2 Å². The largest absolute Gasteiger partial charge is 0.491 e. The minimum atomic E-state index is -0.192. The molecule has 1 aromatic heterocycles. The molecule has 1 aliphatic heterocycles. The van der Waals surface area contributed by atoms with Crippen molar-refractivity contribution in [2.45, 2.75) is 6.42 Å². The SMILES string of the molecule is O=C(c1nnc(Cl)s1)N1CCCOc2ccccc21. The highest BCUT2D eigenvalue weighted by molar-refractivity contribution is 7.17. The Labute approximate surface area is 118 Å². The topological polar surface area (TPSA) is 55.3 Å². The summed E-state index contributed by atoms with van der Waals surface area (Å²) in [7, 11) is 0. The van der Waals surface area contributed by atoms with E-state index >= 15 is 0 Å². The molecule has 0 spiro atoms. The summed E-state index contributed by atoms with van der Waals surface area (Å²) in [5.74, 6) is 0.520. The van der Waals surface area contributed by atoms with E-state index in [1.165, 1.54) is 0 Å². The molecule has 0 fully saturated rings. The quantitative estimate of drug-likeness (QED) is 0.811. The maximum atomic E-state index is 12.4. The van der Waals surface area contributed by atoms with Crippen molar-refractivity contribution in [2.75, 3.05) is 18.1 Å². The second kappa shape index (κ2) is 5.14. The summed E-state index contributed by atoms with van der Waals surface area (Å²) in [5.41, 5.74) is 0.760.